The van der Waals surface area contributed by atoms with Gasteiger partial charge in [-0.05, 0) is 29.2 Å². The number of pyridine rings is 2. The Bertz CT molecular complexity index is 987. The number of rotatable bonds is 2. The fraction of sp³-hybridized carbons (Fsp3) is 0.278. The van der Waals surface area contributed by atoms with Crippen molar-refractivity contribution in [3.05, 3.63) is 65.7 Å². The summed E-state index contributed by atoms with van der Waals surface area (Å²) < 4.78 is 3.76. The molecule has 0 N–H and O–H groups in total. The molecular weight excluding hydrogens is 286 g/mol. The molecule has 0 unspecified atom stereocenters. The Labute approximate surface area is 134 Å². The van der Waals surface area contributed by atoms with Crippen molar-refractivity contribution in [2.45, 2.75) is 32.6 Å². The number of hydrogen-bond acceptors (Lipinski definition) is 3. The maximum atomic E-state index is 4.51. The Morgan fingerprint density at radius 2 is 1.87 bits per heavy atom. The van der Waals surface area contributed by atoms with E-state index in [4.69, 9.17) is 0 Å². The van der Waals surface area contributed by atoms with Crippen molar-refractivity contribution in [2.24, 2.45) is 0 Å². The second-order valence-electron chi connectivity index (χ2n) is 6.92. The normalized spacial score (nSPS) is 12.3. The minimum Gasteiger partial charge on any atom is -0.240 e. The molecule has 4 aromatic rings. The van der Waals surface area contributed by atoms with Crippen LogP contribution in [-0.2, 0) is 11.8 Å². The zero-order valence-corrected chi connectivity index (χ0v) is 13.6. The summed E-state index contributed by atoms with van der Waals surface area (Å²) in [5.41, 5.74) is 5.71. The first kappa shape index (κ1) is 13.9. The molecule has 0 fully saturated rings. The first-order valence-corrected chi connectivity index (χ1v) is 7.78. The second kappa shape index (κ2) is 4.91. The Hall–Kier alpha value is -2.69. The average Bonchev–Trinajstić information content (AvgIpc) is 3.11. The molecule has 4 rings (SSSR count). The quantitative estimate of drug-likeness (QED) is 0.571. The van der Waals surface area contributed by atoms with Gasteiger partial charge in [0.1, 0.15) is 0 Å². The van der Waals surface area contributed by atoms with E-state index in [0.29, 0.717) is 0 Å². The van der Waals surface area contributed by atoms with E-state index >= 15 is 0 Å². The van der Waals surface area contributed by atoms with Crippen molar-refractivity contribution in [1.29, 1.82) is 0 Å². The summed E-state index contributed by atoms with van der Waals surface area (Å²) in [5, 5.41) is 13.0. The lowest BCUT2D eigenvalue weighted by Crippen LogP contribution is -2.10. The highest BCUT2D eigenvalue weighted by Crippen LogP contribution is 2.26. The van der Waals surface area contributed by atoms with Crippen LogP contribution in [0.25, 0.3) is 11.0 Å². The van der Waals surface area contributed by atoms with E-state index in [1.54, 1.807) is 4.52 Å². The summed E-state index contributed by atoms with van der Waals surface area (Å²) in [6.45, 7) is 6.63. The zero-order chi connectivity index (χ0) is 16.0. The van der Waals surface area contributed by atoms with Gasteiger partial charge in [-0.25, -0.2) is 9.03 Å². The fourth-order valence-electron chi connectivity index (χ4n) is 2.92. The molecule has 0 aliphatic rings. The predicted molar refractivity (Wildman–Crippen MR) is 89.7 cm³/mol. The maximum absolute atomic E-state index is 4.51. The lowest BCUT2D eigenvalue weighted by atomic mass is 9.88. The molecule has 23 heavy (non-hydrogen) atoms. The Kier molecular flexibility index (Phi) is 2.98. The van der Waals surface area contributed by atoms with E-state index in [1.165, 1.54) is 11.1 Å². The van der Waals surface area contributed by atoms with Crippen LogP contribution >= 0.6 is 0 Å². The molecule has 4 heterocycles. The van der Waals surface area contributed by atoms with E-state index < -0.39 is 0 Å². The van der Waals surface area contributed by atoms with Crippen molar-refractivity contribution >= 4 is 11.0 Å². The van der Waals surface area contributed by atoms with Crippen LogP contribution in [0, 0.1) is 0 Å². The summed E-state index contributed by atoms with van der Waals surface area (Å²) in [7, 11) is 0. The van der Waals surface area contributed by atoms with Crippen LogP contribution in [0.15, 0.2) is 48.9 Å². The average molecular weight is 305 g/mol. The van der Waals surface area contributed by atoms with Gasteiger partial charge in [-0.1, -0.05) is 38.1 Å². The molecule has 0 radical (unpaired) electrons. The summed E-state index contributed by atoms with van der Waals surface area (Å²) in [6.07, 6.45) is 6.71. The molecule has 0 aromatic carbocycles. The van der Waals surface area contributed by atoms with Crippen LogP contribution in [0.4, 0.5) is 0 Å². The SMILES string of the molecule is CC(C)(C)c1cnn2cc(Cc3nnn4ccccc34)ccc12. The molecule has 5 nitrogen and oxygen atoms in total. The smallest absolute Gasteiger partial charge is 0.0949 e. The van der Waals surface area contributed by atoms with Gasteiger partial charge < -0.3 is 0 Å². The highest BCUT2D eigenvalue weighted by atomic mass is 15.4. The molecule has 0 aliphatic heterocycles. The number of aromatic nitrogens is 5. The lowest BCUT2D eigenvalue weighted by Gasteiger charge is -2.16. The summed E-state index contributed by atoms with van der Waals surface area (Å²) >= 11 is 0. The third kappa shape index (κ3) is 2.38. The standard InChI is InChI=1S/C18H19N5/c1-18(2,3)14-11-19-23-12-13(7-8-16(14)23)10-15-17-6-4-5-9-22(17)21-20-15/h4-9,11-12H,10H2,1-3H3. The third-order valence-electron chi connectivity index (χ3n) is 4.15. The fourth-order valence-corrected chi connectivity index (χ4v) is 2.92. The van der Waals surface area contributed by atoms with Gasteiger partial charge in [-0.15, -0.1) is 5.10 Å². The van der Waals surface area contributed by atoms with Crippen LogP contribution in [-0.4, -0.2) is 24.4 Å². The minimum absolute atomic E-state index is 0.0905. The zero-order valence-electron chi connectivity index (χ0n) is 13.6. The summed E-state index contributed by atoms with van der Waals surface area (Å²) in [5.74, 6) is 0. The summed E-state index contributed by atoms with van der Waals surface area (Å²) in [6, 6.07) is 10.3. The first-order valence-electron chi connectivity index (χ1n) is 7.78. The van der Waals surface area contributed by atoms with E-state index in [-0.39, 0.29) is 5.41 Å². The van der Waals surface area contributed by atoms with Crippen LogP contribution in [0.2, 0.25) is 0 Å². The molecule has 4 aromatic heterocycles. The molecule has 5 heteroatoms. The molecule has 116 valence electrons. The Morgan fingerprint density at radius 1 is 1.00 bits per heavy atom. The van der Waals surface area contributed by atoms with E-state index in [9.17, 15) is 0 Å². The van der Waals surface area contributed by atoms with Crippen LogP contribution in [0.3, 0.4) is 0 Å². The Morgan fingerprint density at radius 3 is 2.70 bits per heavy atom. The highest BCUT2D eigenvalue weighted by molar-refractivity contribution is 5.58. The van der Waals surface area contributed by atoms with Crippen LogP contribution < -0.4 is 0 Å². The molecule has 0 amide bonds. The van der Waals surface area contributed by atoms with Crippen molar-refractivity contribution in [1.82, 2.24) is 24.4 Å². The van der Waals surface area contributed by atoms with E-state index in [0.717, 1.165) is 23.1 Å². The van der Waals surface area contributed by atoms with Gasteiger partial charge in [0.2, 0.25) is 0 Å². The topological polar surface area (TPSA) is 47.5 Å². The summed E-state index contributed by atoms with van der Waals surface area (Å²) in [4.78, 5) is 0. The van der Waals surface area contributed by atoms with Crippen molar-refractivity contribution < 1.29 is 0 Å². The van der Waals surface area contributed by atoms with Gasteiger partial charge in [0.15, 0.2) is 0 Å². The third-order valence-corrected chi connectivity index (χ3v) is 4.15. The maximum Gasteiger partial charge on any atom is 0.0949 e. The van der Waals surface area contributed by atoms with Crippen LogP contribution in [0.5, 0.6) is 0 Å². The molecule has 0 saturated heterocycles. The number of hydrogen-bond donors (Lipinski definition) is 0. The molecule has 0 aliphatic carbocycles. The second-order valence-corrected chi connectivity index (χ2v) is 6.92. The molecular formula is C18H19N5. The molecule has 0 spiro atoms. The van der Waals surface area contributed by atoms with E-state index in [2.05, 4.69) is 54.5 Å². The van der Waals surface area contributed by atoms with Crippen molar-refractivity contribution in [3.8, 4) is 0 Å². The van der Waals surface area contributed by atoms with Gasteiger partial charge in [0, 0.05) is 24.4 Å². The minimum atomic E-state index is 0.0905. The molecule has 0 bridgehead atoms. The monoisotopic (exact) mass is 305 g/mol. The highest BCUT2D eigenvalue weighted by Gasteiger charge is 2.19. The number of fused-ring (bicyclic) bond motifs is 2. The largest absolute Gasteiger partial charge is 0.240 e. The van der Waals surface area contributed by atoms with Crippen molar-refractivity contribution in [3.63, 3.8) is 0 Å². The molecule has 0 saturated carbocycles. The van der Waals surface area contributed by atoms with E-state index in [1.807, 2.05) is 35.1 Å². The van der Waals surface area contributed by atoms with Crippen molar-refractivity contribution in [2.75, 3.05) is 0 Å². The first-order chi connectivity index (χ1) is 11.0. The molecule has 0 atom stereocenters. The Balaban J connectivity index is 1.73. The van der Waals surface area contributed by atoms with Crippen LogP contribution in [0.1, 0.15) is 37.6 Å². The van der Waals surface area contributed by atoms with Gasteiger partial charge >= 0.3 is 0 Å². The van der Waals surface area contributed by atoms with Gasteiger partial charge in [-0.3, -0.25) is 0 Å². The number of nitrogens with zero attached hydrogens (tertiary/aromatic N) is 5. The van der Waals surface area contributed by atoms with Gasteiger partial charge in [-0.2, -0.15) is 5.10 Å². The van der Waals surface area contributed by atoms with Gasteiger partial charge in [0.25, 0.3) is 0 Å². The predicted octanol–water partition coefficient (Wildman–Crippen LogP) is 3.27. The lowest BCUT2D eigenvalue weighted by molar-refractivity contribution is 0.595. The van der Waals surface area contributed by atoms with Gasteiger partial charge in [0.05, 0.1) is 22.9 Å².